The largest absolute Gasteiger partial charge is 0.406 e. The van der Waals surface area contributed by atoms with Crippen molar-refractivity contribution >= 4 is 17.5 Å². The first kappa shape index (κ1) is 19.9. The van der Waals surface area contributed by atoms with Gasteiger partial charge in [0.25, 0.3) is 5.69 Å². The second-order valence-corrected chi connectivity index (χ2v) is 5.80. The van der Waals surface area contributed by atoms with E-state index in [0.717, 1.165) is 10.6 Å². The Labute approximate surface area is 152 Å². The normalized spacial score (nSPS) is 11.9. The van der Waals surface area contributed by atoms with Crippen molar-refractivity contribution < 1.29 is 22.9 Å². The van der Waals surface area contributed by atoms with Crippen molar-refractivity contribution in [3.63, 3.8) is 0 Å². The quantitative estimate of drug-likeness (QED) is 0.254. The summed E-state index contributed by atoms with van der Waals surface area (Å²) in [5.41, 5.74) is -0.411. The summed E-state index contributed by atoms with van der Waals surface area (Å²) in [6.45, 7) is 1.52. The fourth-order valence-corrected chi connectivity index (χ4v) is 2.68. The Balaban J connectivity index is 2.49. The van der Waals surface area contributed by atoms with Crippen molar-refractivity contribution in [2.75, 3.05) is 0 Å². The molecule has 0 aliphatic heterocycles. The van der Waals surface area contributed by atoms with Gasteiger partial charge < -0.3 is 4.57 Å². The maximum atomic E-state index is 12.7. The summed E-state index contributed by atoms with van der Waals surface area (Å²) in [6, 6.07) is 8.49. The third kappa shape index (κ3) is 4.41. The van der Waals surface area contributed by atoms with Crippen LogP contribution in [-0.2, 0) is 6.54 Å². The Kier molecular flexibility index (Phi) is 5.49. The molecule has 0 spiro atoms. The van der Waals surface area contributed by atoms with Crippen LogP contribution >= 0.6 is 0 Å². The highest BCUT2D eigenvalue weighted by atomic mass is 19.4. The number of halogens is 3. The van der Waals surface area contributed by atoms with E-state index in [4.69, 9.17) is 0 Å². The van der Waals surface area contributed by atoms with Crippen molar-refractivity contribution in [3.05, 3.63) is 68.5 Å². The number of nitriles is 1. The van der Waals surface area contributed by atoms with Gasteiger partial charge in [-0.2, -0.15) is 18.4 Å². The third-order valence-electron chi connectivity index (χ3n) is 3.95. The zero-order chi connectivity index (χ0) is 20.4. The van der Waals surface area contributed by atoms with Gasteiger partial charge in [0.05, 0.1) is 10.5 Å². The highest BCUT2D eigenvalue weighted by Gasteiger charge is 2.30. The van der Waals surface area contributed by atoms with Crippen LogP contribution in [0.1, 0.15) is 27.3 Å². The lowest BCUT2D eigenvalue weighted by atomic mass is 10.0. The average molecular weight is 377 g/mol. The minimum Gasteiger partial charge on any atom is -0.339 e. The number of benzene rings is 1. The molecule has 6 nitrogen and oxygen atoms in total. The molecule has 1 aromatic carbocycles. The number of nitro groups is 1. The predicted molar refractivity (Wildman–Crippen MR) is 91.0 cm³/mol. The van der Waals surface area contributed by atoms with E-state index in [1.54, 1.807) is 6.07 Å². The van der Waals surface area contributed by atoms with E-state index < -0.39 is 29.0 Å². The Morgan fingerprint density at radius 3 is 2.52 bits per heavy atom. The number of para-hydroxylation sites is 1. The number of aromatic nitrogens is 1. The standard InChI is InChI=1S/C18H14F3N3O3/c1-11-7-15(12(2)23(11)10-18(19,20)21)17(25)14(9-22)8-13-5-3-4-6-16(13)24(26)27/h3-8H,10H2,1-2H3/b14-8+. The van der Waals surface area contributed by atoms with Gasteiger partial charge in [0.1, 0.15) is 18.2 Å². The number of nitro benzene ring substituents is 1. The minimum atomic E-state index is -4.46. The highest BCUT2D eigenvalue weighted by molar-refractivity contribution is 6.15. The molecule has 1 heterocycles. The fourth-order valence-electron chi connectivity index (χ4n) is 2.68. The Morgan fingerprint density at radius 1 is 1.33 bits per heavy atom. The number of hydrogen-bond acceptors (Lipinski definition) is 4. The molecule has 0 unspecified atom stereocenters. The summed E-state index contributed by atoms with van der Waals surface area (Å²) >= 11 is 0. The highest BCUT2D eigenvalue weighted by Crippen LogP contribution is 2.26. The van der Waals surface area contributed by atoms with Gasteiger partial charge >= 0.3 is 6.18 Å². The first-order valence-corrected chi connectivity index (χ1v) is 7.68. The van der Waals surface area contributed by atoms with E-state index in [1.807, 2.05) is 0 Å². The van der Waals surface area contributed by atoms with Crippen molar-refractivity contribution in [2.45, 2.75) is 26.6 Å². The summed E-state index contributed by atoms with van der Waals surface area (Å²) in [4.78, 5) is 23.1. The van der Waals surface area contributed by atoms with E-state index in [1.165, 1.54) is 44.2 Å². The number of Topliss-reactive ketones (excluding diaryl/α,β-unsaturated/α-hetero) is 1. The zero-order valence-corrected chi connectivity index (χ0v) is 14.4. The maximum Gasteiger partial charge on any atom is 0.406 e. The van der Waals surface area contributed by atoms with Gasteiger partial charge in [-0.25, -0.2) is 0 Å². The number of hydrogen-bond donors (Lipinski definition) is 0. The van der Waals surface area contributed by atoms with Gasteiger partial charge in [-0.15, -0.1) is 0 Å². The average Bonchev–Trinajstić information content (AvgIpc) is 2.86. The minimum absolute atomic E-state index is 0.0523. The van der Waals surface area contributed by atoms with E-state index in [9.17, 15) is 33.3 Å². The third-order valence-corrected chi connectivity index (χ3v) is 3.95. The van der Waals surface area contributed by atoms with Gasteiger partial charge in [-0.1, -0.05) is 12.1 Å². The summed E-state index contributed by atoms with van der Waals surface area (Å²) in [7, 11) is 0. The number of ketones is 1. The second-order valence-electron chi connectivity index (χ2n) is 5.80. The number of nitrogens with zero attached hydrogens (tertiary/aromatic N) is 3. The predicted octanol–water partition coefficient (Wildman–Crippen LogP) is 4.37. The molecule has 0 aliphatic rings. The molecule has 140 valence electrons. The molecule has 0 radical (unpaired) electrons. The number of carbonyl (C=O) groups is 1. The van der Waals surface area contributed by atoms with Crippen molar-refractivity contribution in [2.24, 2.45) is 0 Å². The number of carbonyl (C=O) groups excluding carboxylic acids is 1. The molecule has 1 aromatic heterocycles. The SMILES string of the molecule is Cc1cc(C(=O)/C(C#N)=C/c2ccccc2[N+](=O)[O-])c(C)n1CC(F)(F)F. The molecule has 0 fully saturated rings. The van der Waals surface area contributed by atoms with Crippen LogP contribution < -0.4 is 0 Å². The van der Waals surface area contributed by atoms with E-state index >= 15 is 0 Å². The van der Waals surface area contributed by atoms with Crippen LogP contribution in [0.3, 0.4) is 0 Å². The van der Waals surface area contributed by atoms with E-state index in [0.29, 0.717) is 0 Å². The summed E-state index contributed by atoms with van der Waals surface area (Å²) in [5, 5.41) is 20.4. The van der Waals surface area contributed by atoms with Gasteiger partial charge in [-0.05, 0) is 32.1 Å². The van der Waals surface area contributed by atoms with Crippen LogP contribution in [0.4, 0.5) is 18.9 Å². The molecule has 27 heavy (non-hydrogen) atoms. The van der Waals surface area contributed by atoms with E-state index in [-0.39, 0.29) is 28.2 Å². The van der Waals surface area contributed by atoms with Crippen molar-refractivity contribution in [1.82, 2.24) is 4.57 Å². The van der Waals surface area contributed by atoms with Crippen molar-refractivity contribution in [3.8, 4) is 6.07 Å². The molecule has 2 aromatic rings. The number of rotatable bonds is 5. The summed E-state index contributed by atoms with van der Waals surface area (Å²) < 4.78 is 39.1. The molecule has 2 rings (SSSR count). The van der Waals surface area contributed by atoms with Crippen LogP contribution in [-0.4, -0.2) is 21.4 Å². The number of alkyl halides is 3. The number of aryl methyl sites for hydroxylation is 1. The molecule has 0 saturated carbocycles. The lowest BCUT2D eigenvalue weighted by Gasteiger charge is -2.12. The van der Waals surface area contributed by atoms with Gasteiger partial charge in [0.2, 0.25) is 5.78 Å². The van der Waals surface area contributed by atoms with Crippen molar-refractivity contribution in [1.29, 1.82) is 5.26 Å². The smallest absolute Gasteiger partial charge is 0.339 e. The fraction of sp³-hybridized carbons (Fsp3) is 0.222. The lowest BCUT2D eigenvalue weighted by Crippen LogP contribution is -2.19. The van der Waals surface area contributed by atoms with Crippen LogP contribution in [0.2, 0.25) is 0 Å². The molecule has 0 N–H and O–H groups in total. The first-order valence-electron chi connectivity index (χ1n) is 7.68. The number of allylic oxidation sites excluding steroid dienone is 1. The van der Waals surface area contributed by atoms with Crippen LogP contribution in [0, 0.1) is 35.3 Å². The maximum absolute atomic E-state index is 12.7. The van der Waals surface area contributed by atoms with Crippen LogP contribution in [0.15, 0.2) is 35.9 Å². The van der Waals surface area contributed by atoms with Gasteiger partial charge in [0, 0.05) is 23.0 Å². The molecule has 0 aliphatic carbocycles. The molecule has 0 atom stereocenters. The van der Waals surface area contributed by atoms with Gasteiger partial charge in [-0.3, -0.25) is 14.9 Å². The monoisotopic (exact) mass is 377 g/mol. The topological polar surface area (TPSA) is 88.9 Å². The summed E-state index contributed by atoms with van der Waals surface area (Å²) in [6.07, 6.45) is -3.40. The molecule has 0 bridgehead atoms. The van der Waals surface area contributed by atoms with Crippen LogP contribution in [0.25, 0.3) is 6.08 Å². The molecule has 0 saturated heterocycles. The molecule has 0 amide bonds. The lowest BCUT2D eigenvalue weighted by molar-refractivity contribution is -0.385. The van der Waals surface area contributed by atoms with Gasteiger partial charge in [0.15, 0.2) is 0 Å². The zero-order valence-electron chi connectivity index (χ0n) is 14.4. The van der Waals surface area contributed by atoms with Crippen LogP contribution in [0.5, 0.6) is 0 Å². The Morgan fingerprint density at radius 2 is 1.96 bits per heavy atom. The molecular formula is C18H14F3N3O3. The van der Waals surface area contributed by atoms with E-state index in [2.05, 4.69) is 0 Å². The molecular weight excluding hydrogens is 363 g/mol. The Bertz CT molecular complexity index is 982. The summed E-state index contributed by atoms with van der Waals surface area (Å²) in [5.74, 6) is -0.794. The first-order chi connectivity index (χ1) is 12.5. The second kappa shape index (κ2) is 7.45. The Hall–Kier alpha value is -3.41. The molecule has 9 heteroatoms.